The quantitative estimate of drug-likeness (QED) is 0.750. The molecule has 1 heterocycles. The zero-order chi connectivity index (χ0) is 12.1. The first-order chi connectivity index (χ1) is 8.25. The van der Waals surface area contributed by atoms with Crippen molar-refractivity contribution in [3.8, 4) is 0 Å². The van der Waals surface area contributed by atoms with Crippen LogP contribution in [0.25, 0.3) is 0 Å². The van der Waals surface area contributed by atoms with E-state index < -0.39 is 5.97 Å². The van der Waals surface area contributed by atoms with Crippen molar-refractivity contribution in [2.24, 2.45) is 11.8 Å². The van der Waals surface area contributed by atoms with E-state index in [0.717, 1.165) is 31.2 Å². The maximum atomic E-state index is 10.4. The molecule has 0 spiro atoms. The summed E-state index contributed by atoms with van der Waals surface area (Å²) in [5.74, 6) is 1.28. The topological polar surface area (TPSA) is 40.5 Å². The van der Waals surface area contributed by atoms with E-state index in [0.29, 0.717) is 6.42 Å². The number of rotatable bonds is 5. The first-order valence-electron chi connectivity index (χ1n) is 7.20. The number of likely N-dealkylation sites (tertiary alicyclic amines) is 1. The van der Waals surface area contributed by atoms with Crippen LogP contribution in [0.1, 0.15) is 51.4 Å². The molecule has 1 aliphatic heterocycles. The fourth-order valence-corrected chi connectivity index (χ4v) is 3.49. The van der Waals surface area contributed by atoms with Crippen LogP contribution in [0, 0.1) is 11.8 Å². The molecule has 2 rings (SSSR count). The third-order valence-corrected chi connectivity index (χ3v) is 4.49. The van der Waals surface area contributed by atoms with Crippen molar-refractivity contribution in [1.29, 1.82) is 0 Å². The van der Waals surface area contributed by atoms with Gasteiger partial charge in [0, 0.05) is 13.0 Å². The zero-order valence-electron chi connectivity index (χ0n) is 10.7. The third kappa shape index (κ3) is 3.98. The van der Waals surface area contributed by atoms with Gasteiger partial charge < -0.3 is 10.0 Å². The minimum Gasteiger partial charge on any atom is -0.481 e. The minimum absolute atomic E-state index is 0.333. The molecule has 2 atom stereocenters. The van der Waals surface area contributed by atoms with Crippen LogP contribution < -0.4 is 0 Å². The summed E-state index contributed by atoms with van der Waals surface area (Å²) < 4.78 is 0. The first-order valence-corrected chi connectivity index (χ1v) is 7.20. The van der Waals surface area contributed by atoms with E-state index in [4.69, 9.17) is 5.11 Å². The Morgan fingerprint density at radius 2 is 1.88 bits per heavy atom. The van der Waals surface area contributed by atoms with Crippen molar-refractivity contribution in [2.45, 2.75) is 51.4 Å². The molecular weight excluding hydrogens is 214 g/mol. The van der Waals surface area contributed by atoms with E-state index in [9.17, 15) is 4.79 Å². The number of carbonyl (C=O) groups is 1. The van der Waals surface area contributed by atoms with Crippen LogP contribution in [-0.4, -0.2) is 35.6 Å². The van der Waals surface area contributed by atoms with E-state index in [1.807, 2.05) is 0 Å². The van der Waals surface area contributed by atoms with Crippen LogP contribution in [-0.2, 0) is 4.79 Å². The van der Waals surface area contributed by atoms with Crippen LogP contribution in [0.5, 0.6) is 0 Å². The molecule has 2 aliphatic rings. The Labute approximate surface area is 104 Å². The summed E-state index contributed by atoms with van der Waals surface area (Å²) in [4.78, 5) is 13.0. The molecular formula is C14H25NO2. The van der Waals surface area contributed by atoms with Crippen LogP contribution in [0.15, 0.2) is 0 Å². The Kier molecular flexibility index (Phi) is 4.84. The van der Waals surface area contributed by atoms with Gasteiger partial charge in [-0.3, -0.25) is 4.79 Å². The predicted molar refractivity (Wildman–Crippen MR) is 68.0 cm³/mol. The van der Waals surface area contributed by atoms with E-state index in [2.05, 4.69) is 4.90 Å². The van der Waals surface area contributed by atoms with Crippen molar-refractivity contribution < 1.29 is 9.90 Å². The lowest BCUT2D eigenvalue weighted by Crippen LogP contribution is -2.42. The van der Waals surface area contributed by atoms with Gasteiger partial charge in [0.25, 0.3) is 0 Å². The van der Waals surface area contributed by atoms with Gasteiger partial charge in [0.15, 0.2) is 0 Å². The highest BCUT2D eigenvalue weighted by Crippen LogP contribution is 2.35. The molecule has 2 unspecified atom stereocenters. The standard InChI is InChI=1S/C14H25NO2/c16-14(17)7-3-4-9-15-10-8-12-5-1-2-6-13(12)11-15/h12-13H,1-11H2,(H,16,17). The summed E-state index contributed by atoms with van der Waals surface area (Å²) in [5.41, 5.74) is 0. The molecule has 98 valence electrons. The number of fused-ring (bicyclic) bond motifs is 1. The maximum absolute atomic E-state index is 10.4. The van der Waals surface area contributed by atoms with Gasteiger partial charge in [0.2, 0.25) is 0 Å². The van der Waals surface area contributed by atoms with Gasteiger partial charge in [-0.25, -0.2) is 0 Å². The average Bonchev–Trinajstić information content (AvgIpc) is 2.34. The fourth-order valence-electron chi connectivity index (χ4n) is 3.49. The van der Waals surface area contributed by atoms with E-state index in [-0.39, 0.29) is 0 Å². The van der Waals surface area contributed by atoms with Crippen LogP contribution >= 0.6 is 0 Å². The molecule has 3 heteroatoms. The van der Waals surface area contributed by atoms with Gasteiger partial charge in [0.05, 0.1) is 0 Å². The number of unbranched alkanes of at least 4 members (excludes halogenated alkanes) is 1. The molecule has 2 fully saturated rings. The Bertz CT molecular complexity index is 255. The largest absolute Gasteiger partial charge is 0.481 e. The molecule has 0 amide bonds. The molecule has 1 saturated heterocycles. The Balaban J connectivity index is 1.64. The second-order valence-electron chi connectivity index (χ2n) is 5.74. The lowest BCUT2D eigenvalue weighted by Gasteiger charge is -2.41. The zero-order valence-corrected chi connectivity index (χ0v) is 10.7. The number of carboxylic acid groups (broad SMARTS) is 1. The number of hydrogen-bond donors (Lipinski definition) is 1. The second kappa shape index (κ2) is 6.39. The third-order valence-electron chi connectivity index (χ3n) is 4.49. The highest BCUT2D eigenvalue weighted by atomic mass is 16.4. The van der Waals surface area contributed by atoms with Gasteiger partial charge in [0.1, 0.15) is 0 Å². The Morgan fingerprint density at radius 3 is 2.65 bits per heavy atom. The summed E-state index contributed by atoms with van der Waals surface area (Å²) in [6.45, 7) is 3.63. The highest BCUT2D eigenvalue weighted by Gasteiger charge is 2.30. The predicted octanol–water partition coefficient (Wildman–Crippen LogP) is 2.75. The van der Waals surface area contributed by atoms with Gasteiger partial charge >= 0.3 is 5.97 Å². The molecule has 0 aromatic carbocycles. The molecule has 0 aromatic heterocycles. The Hall–Kier alpha value is -0.570. The minimum atomic E-state index is -0.656. The van der Waals surface area contributed by atoms with Crippen LogP contribution in [0.3, 0.4) is 0 Å². The van der Waals surface area contributed by atoms with E-state index in [1.165, 1.54) is 45.2 Å². The Morgan fingerprint density at radius 1 is 1.12 bits per heavy atom. The smallest absolute Gasteiger partial charge is 0.303 e. The van der Waals surface area contributed by atoms with E-state index >= 15 is 0 Å². The molecule has 0 bridgehead atoms. The van der Waals surface area contributed by atoms with Gasteiger partial charge in [-0.05, 0) is 50.6 Å². The summed E-state index contributed by atoms with van der Waals surface area (Å²) >= 11 is 0. The van der Waals surface area contributed by atoms with Gasteiger partial charge in [-0.2, -0.15) is 0 Å². The first kappa shape index (κ1) is 12.9. The fraction of sp³-hybridized carbons (Fsp3) is 0.929. The molecule has 1 aliphatic carbocycles. The average molecular weight is 239 g/mol. The van der Waals surface area contributed by atoms with E-state index in [1.54, 1.807) is 0 Å². The van der Waals surface area contributed by atoms with Gasteiger partial charge in [-0.15, -0.1) is 0 Å². The molecule has 17 heavy (non-hydrogen) atoms. The number of aliphatic carboxylic acids is 1. The lowest BCUT2D eigenvalue weighted by molar-refractivity contribution is -0.137. The normalized spacial score (nSPS) is 29.9. The molecule has 0 radical (unpaired) electrons. The van der Waals surface area contributed by atoms with Crippen LogP contribution in [0.2, 0.25) is 0 Å². The number of nitrogens with zero attached hydrogens (tertiary/aromatic N) is 1. The molecule has 0 aromatic rings. The summed E-state index contributed by atoms with van der Waals surface area (Å²) in [6, 6.07) is 0. The maximum Gasteiger partial charge on any atom is 0.303 e. The van der Waals surface area contributed by atoms with Gasteiger partial charge in [-0.1, -0.05) is 19.3 Å². The van der Waals surface area contributed by atoms with Crippen molar-refractivity contribution in [1.82, 2.24) is 4.90 Å². The SMILES string of the molecule is O=C(O)CCCCN1CCC2CCCCC2C1. The number of carboxylic acids is 1. The summed E-state index contributed by atoms with van der Waals surface area (Å²) in [7, 11) is 0. The highest BCUT2D eigenvalue weighted by molar-refractivity contribution is 5.66. The van der Waals surface area contributed by atoms with Crippen molar-refractivity contribution in [2.75, 3.05) is 19.6 Å². The molecule has 1 saturated carbocycles. The van der Waals surface area contributed by atoms with Crippen molar-refractivity contribution in [3.63, 3.8) is 0 Å². The van der Waals surface area contributed by atoms with Crippen molar-refractivity contribution in [3.05, 3.63) is 0 Å². The second-order valence-corrected chi connectivity index (χ2v) is 5.74. The van der Waals surface area contributed by atoms with Crippen molar-refractivity contribution >= 4 is 5.97 Å². The number of hydrogen-bond acceptors (Lipinski definition) is 2. The number of piperidine rings is 1. The summed E-state index contributed by atoms with van der Waals surface area (Å²) in [6.07, 6.45) is 9.34. The molecule has 3 nitrogen and oxygen atoms in total. The molecule has 1 N–H and O–H groups in total. The van der Waals surface area contributed by atoms with Crippen LogP contribution in [0.4, 0.5) is 0 Å². The monoisotopic (exact) mass is 239 g/mol. The summed E-state index contributed by atoms with van der Waals surface area (Å²) in [5, 5.41) is 8.59. The lowest BCUT2D eigenvalue weighted by atomic mass is 9.75.